The van der Waals surface area contributed by atoms with Gasteiger partial charge in [0.15, 0.2) is 0 Å². The van der Waals surface area contributed by atoms with Crippen molar-refractivity contribution in [2.45, 2.75) is 69.4 Å². The van der Waals surface area contributed by atoms with E-state index in [-0.39, 0.29) is 17.9 Å². The summed E-state index contributed by atoms with van der Waals surface area (Å²) in [6.07, 6.45) is 8.83. The van der Waals surface area contributed by atoms with Gasteiger partial charge in [0.2, 0.25) is 0 Å². The fraction of sp³-hybridized carbons (Fsp3) is 0.448. The molecule has 184 valence electrons. The summed E-state index contributed by atoms with van der Waals surface area (Å²) in [5.41, 5.74) is 4.02. The van der Waals surface area contributed by atoms with E-state index < -0.39 is 0 Å². The molecule has 2 amide bonds. The van der Waals surface area contributed by atoms with Crippen LogP contribution in [0.4, 0.5) is 0 Å². The minimum Gasteiger partial charge on any atom is -0.376 e. The highest BCUT2D eigenvalue weighted by Crippen LogP contribution is 2.42. The first-order chi connectivity index (χ1) is 17.1. The topological polar surface area (TPSA) is 58.6 Å². The van der Waals surface area contributed by atoms with E-state index in [1.54, 1.807) is 11.8 Å². The number of rotatable bonds is 6. The molecule has 3 aliphatic rings. The number of hydrogen-bond donors (Lipinski definition) is 1. The Morgan fingerprint density at radius 1 is 1.09 bits per heavy atom. The third-order valence-corrected chi connectivity index (χ3v) is 8.80. The summed E-state index contributed by atoms with van der Waals surface area (Å²) in [5, 5.41) is 3.41. The van der Waals surface area contributed by atoms with Crippen molar-refractivity contribution in [2.75, 3.05) is 13.2 Å². The van der Waals surface area contributed by atoms with Crippen LogP contribution in [0.25, 0.3) is 6.08 Å². The number of ether oxygens (including phenoxy) is 1. The van der Waals surface area contributed by atoms with Crippen LogP contribution in [0, 0.1) is 6.92 Å². The molecule has 5 nitrogen and oxygen atoms in total. The van der Waals surface area contributed by atoms with Crippen LogP contribution in [0.2, 0.25) is 0 Å². The molecule has 3 unspecified atom stereocenters. The average molecular weight is 491 g/mol. The molecular weight excluding hydrogens is 456 g/mol. The fourth-order valence-electron chi connectivity index (χ4n) is 5.33. The van der Waals surface area contributed by atoms with Gasteiger partial charge in [-0.15, -0.1) is 11.8 Å². The number of aryl methyl sites for hydroxylation is 1. The minimum absolute atomic E-state index is 0.0859. The van der Waals surface area contributed by atoms with E-state index in [1.165, 1.54) is 24.0 Å². The molecule has 2 heterocycles. The third-order valence-electron chi connectivity index (χ3n) is 7.40. The second kappa shape index (κ2) is 11.0. The van der Waals surface area contributed by atoms with E-state index >= 15 is 0 Å². The van der Waals surface area contributed by atoms with Crippen molar-refractivity contribution in [1.29, 1.82) is 0 Å². The molecule has 2 aromatic rings. The lowest BCUT2D eigenvalue weighted by Gasteiger charge is -2.44. The maximum absolute atomic E-state index is 13.6. The number of benzene rings is 2. The molecule has 5 rings (SSSR count). The normalized spacial score (nSPS) is 25.5. The van der Waals surface area contributed by atoms with E-state index in [4.69, 9.17) is 4.74 Å². The lowest BCUT2D eigenvalue weighted by Crippen LogP contribution is -2.50. The van der Waals surface area contributed by atoms with Crippen molar-refractivity contribution in [3.05, 3.63) is 75.7 Å². The summed E-state index contributed by atoms with van der Waals surface area (Å²) in [4.78, 5) is 29.1. The van der Waals surface area contributed by atoms with Crippen molar-refractivity contribution in [3.63, 3.8) is 0 Å². The smallest absolute Gasteiger partial charge is 0.260 e. The second-order valence-electron chi connectivity index (χ2n) is 9.84. The quantitative estimate of drug-likeness (QED) is 0.556. The number of nitrogens with zero attached hydrogens (tertiary/aromatic N) is 1. The maximum atomic E-state index is 13.6. The number of carbonyl (C=O) groups is 2. The molecule has 0 bridgehead atoms. The van der Waals surface area contributed by atoms with Crippen molar-refractivity contribution >= 4 is 29.7 Å². The van der Waals surface area contributed by atoms with Crippen molar-refractivity contribution in [1.82, 2.24) is 10.2 Å². The van der Waals surface area contributed by atoms with Crippen LogP contribution in [-0.2, 0) is 16.1 Å². The molecule has 2 aliphatic heterocycles. The molecular formula is C29H34N2O3S. The molecule has 3 atom stereocenters. The van der Waals surface area contributed by atoms with Gasteiger partial charge in [0.1, 0.15) is 0 Å². The summed E-state index contributed by atoms with van der Waals surface area (Å²) in [7, 11) is 0. The first kappa shape index (κ1) is 24.1. The number of carbonyl (C=O) groups excluding carboxylic acids is 2. The first-order valence-corrected chi connectivity index (χ1v) is 13.7. The molecule has 0 radical (unpaired) electrons. The second-order valence-corrected chi connectivity index (χ2v) is 11.1. The molecule has 1 aliphatic carbocycles. The number of fused-ring (bicyclic) bond motifs is 1. The largest absolute Gasteiger partial charge is 0.376 e. The summed E-state index contributed by atoms with van der Waals surface area (Å²) >= 11 is 1.75. The number of thioether (sulfide) groups is 1. The Hall–Kier alpha value is -2.57. The molecule has 2 aromatic carbocycles. The van der Waals surface area contributed by atoms with Gasteiger partial charge >= 0.3 is 0 Å². The Kier molecular flexibility index (Phi) is 7.59. The minimum atomic E-state index is -0.0859. The number of hydrogen-bond acceptors (Lipinski definition) is 4. The zero-order valence-corrected chi connectivity index (χ0v) is 21.2. The fourth-order valence-corrected chi connectivity index (χ4v) is 6.80. The molecule has 0 spiro atoms. The molecule has 35 heavy (non-hydrogen) atoms. The van der Waals surface area contributed by atoms with Gasteiger partial charge in [0, 0.05) is 36.6 Å². The molecule has 6 heteroatoms. The number of amides is 2. The average Bonchev–Trinajstić information content (AvgIpc) is 3.40. The third kappa shape index (κ3) is 5.65. The highest BCUT2D eigenvalue weighted by Gasteiger charge is 2.40. The maximum Gasteiger partial charge on any atom is 0.260 e. The first-order valence-electron chi connectivity index (χ1n) is 12.8. The summed E-state index contributed by atoms with van der Waals surface area (Å²) < 4.78 is 5.58. The predicted octanol–water partition coefficient (Wildman–Crippen LogP) is 5.33. The molecule has 2 saturated heterocycles. The Labute approximate surface area is 212 Å². The van der Waals surface area contributed by atoms with Gasteiger partial charge < -0.3 is 15.0 Å². The predicted molar refractivity (Wildman–Crippen MR) is 141 cm³/mol. The van der Waals surface area contributed by atoms with Crippen LogP contribution in [-0.4, -0.2) is 47.3 Å². The molecule has 1 saturated carbocycles. The van der Waals surface area contributed by atoms with Gasteiger partial charge in [-0.05, 0) is 67.5 Å². The van der Waals surface area contributed by atoms with Gasteiger partial charge in [-0.3, -0.25) is 9.59 Å². The summed E-state index contributed by atoms with van der Waals surface area (Å²) in [6.45, 7) is 4.11. The van der Waals surface area contributed by atoms with Crippen LogP contribution >= 0.6 is 11.8 Å². The Bertz CT molecular complexity index is 1090. The molecule has 1 N–H and O–H groups in total. The number of nitrogens with one attached hydrogen (secondary N) is 1. The standard InChI is InChI=1S/C29H34N2O3S/c1-20-7-2-3-8-23(20)19-31-25-10-4-5-11-26(25)35-27(29(31)33)17-21-12-14-22(15-13-21)28(32)30-18-24-9-6-16-34-24/h2-3,7-8,12-15,17,24-26H,4-6,9-11,16,18-19H2,1H3,(H,30,32)/b27-17+. The van der Waals surface area contributed by atoms with Crippen LogP contribution in [0.15, 0.2) is 53.4 Å². The van der Waals surface area contributed by atoms with Gasteiger partial charge in [0.25, 0.3) is 11.8 Å². The molecule has 0 aromatic heterocycles. The lowest BCUT2D eigenvalue weighted by molar-refractivity contribution is -0.130. The zero-order chi connectivity index (χ0) is 24.2. The van der Waals surface area contributed by atoms with E-state index in [2.05, 4.69) is 35.3 Å². The van der Waals surface area contributed by atoms with Crippen LogP contribution in [0.1, 0.15) is 65.6 Å². The van der Waals surface area contributed by atoms with Crippen LogP contribution in [0.5, 0.6) is 0 Å². The van der Waals surface area contributed by atoms with E-state index in [0.29, 0.717) is 29.9 Å². The van der Waals surface area contributed by atoms with Crippen molar-refractivity contribution < 1.29 is 14.3 Å². The Balaban J connectivity index is 1.31. The van der Waals surface area contributed by atoms with Gasteiger partial charge in [-0.2, -0.15) is 0 Å². The highest BCUT2D eigenvalue weighted by molar-refractivity contribution is 8.04. The van der Waals surface area contributed by atoms with Crippen molar-refractivity contribution in [2.24, 2.45) is 0 Å². The van der Waals surface area contributed by atoms with Crippen LogP contribution < -0.4 is 5.32 Å². The van der Waals surface area contributed by atoms with Crippen molar-refractivity contribution in [3.8, 4) is 0 Å². The zero-order valence-electron chi connectivity index (χ0n) is 20.4. The van der Waals surface area contributed by atoms with E-state index in [1.807, 2.05) is 36.4 Å². The lowest BCUT2D eigenvalue weighted by atomic mass is 9.92. The Morgan fingerprint density at radius 3 is 2.66 bits per heavy atom. The SMILES string of the molecule is Cc1ccccc1CN1C(=O)/C(=C\c2ccc(C(=O)NCC3CCCO3)cc2)SC2CCCCC21. The van der Waals surface area contributed by atoms with Gasteiger partial charge in [-0.25, -0.2) is 0 Å². The monoisotopic (exact) mass is 490 g/mol. The summed E-state index contributed by atoms with van der Waals surface area (Å²) in [5.74, 6) is 0.0389. The van der Waals surface area contributed by atoms with E-state index in [9.17, 15) is 9.59 Å². The summed E-state index contributed by atoms with van der Waals surface area (Å²) in [6, 6.07) is 16.2. The highest BCUT2D eigenvalue weighted by atomic mass is 32.2. The van der Waals surface area contributed by atoms with Crippen LogP contribution in [0.3, 0.4) is 0 Å². The van der Waals surface area contributed by atoms with Gasteiger partial charge in [0.05, 0.1) is 11.0 Å². The van der Waals surface area contributed by atoms with Gasteiger partial charge in [-0.1, -0.05) is 49.2 Å². The van der Waals surface area contributed by atoms with E-state index in [0.717, 1.165) is 42.8 Å². The Morgan fingerprint density at radius 2 is 1.89 bits per heavy atom. The molecule has 3 fully saturated rings.